The van der Waals surface area contributed by atoms with Gasteiger partial charge in [-0.15, -0.1) is 17.3 Å². The fourth-order valence-electron chi connectivity index (χ4n) is 1.02. The van der Waals surface area contributed by atoms with Crippen LogP contribution in [0.5, 0.6) is 5.75 Å². The first-order chi connectivity index (χ1) is 6.19. The van der Waals surface area contributed by atoms with Gasteiger partial charge in [0, 0.05) is 25.8 Å². The van der Waals surface area contributed by atoms with Crippen LogP contribution in [0.1, 0.15) is 0 Å². The van der Waals surface area contributed by atoms with Crippen molar-refractivity contribution in [3.05, 3.63) is 23.1 Å². The first-order valence-electron chi connectivity index (χ1n) is 3.87. The molecule has 78 valence electrons. The summed E-state index contributed by atoms with van der Waals surface area (Å²) in [5, 5.41) is 2.85. The maximum atomic E-state index is 10.3. The second-order valence-corrected chi connectivity index (χ2v) is 2.84. The van der Waals surface area contributed by atoms with Gasteiger partial charge in [0.05, 0.1) is 7.11 Å². The number of benzene rings is 1. The van der Waals surface area contributed by atoms with E-state index in [1.165, 1.54) is 7.11 Å². The van der Waals surface area contributed by atoms with Gasteiger partial charge in [-0.05, 0) is 17.3 Å². The van der Waals surface area contributed by atoms with Crippen molar-refractivity contribution in [1.29, 1.82) is 0 Å². The van der Waals surface area contributed by atoms with E-state index in [0.717, 1.165) is 5.69 Å². The largest absolute Gasteiger partial charge is 0.494 e. The van der Waals surface area contributed by atoms with Gasteiger partial charge < -0.3 is 9.64 Å². The van der Waals surface area contributed by atoms with Gasteiger partial charge >= 0.3 is 0 Å². The lowest BCUT2D eigenvalue weighted by atomic mass is 10.2. The summed E-state index contributed by atoms with van der Waals surface area (Å²) in [6.45, 7) is 0. The lowest BCUT2D eigenvalue weighted by Gasteiger charge is -2.13. The summed E-state index contributed by atoms with van der Waals surface area (Å²) < 4.78 is 5.01. The Morgan fingerprint density at radius 1 is 1.36 bits per heavy atom. The van der Waals surface area contributed by atoms with Gasteiger partial charge in [-0.3, -0.25) is 0 Å². The molecule has 0 atom stereocenters. The maximum absolute atomic E-state index is 10.3. The fourth-order valence-corrected chi connectivity index (χ4v) is 1.02. The fraction of sp³-hybridized carbons (Fsp3) is 0.333. The predicted octanol–water partition coefficient (Wildman–Crippen LogP) is 2.58. The number of nitrogens with zero attached hydrogens (tertiary/aromatic N) is 2. The molecular formula is C9H13ClN2O2. The van der Waals surface area contributed by atoms with Crippen LogP contribution in [0.4, 0.5) is 11.4 Å². The maximum Gasteiger partial charge on any atom is 0.150 e. The third-order valence-corrected chi connectivity index (χ3v) is 1.78. The Hall–Kier alpha value is -1.29. The highest BCUT2D eigenvalue weighted by atomic mass is 35.5. The Morgan fingerprint density at radius 2 is 2.00 bits per heavy atom. The van der Waals surface area contributed by atoms with Gasteiger partial charge in [0.25, 0.3) is 0 Å². The second-order valence-electron chi connectivity index (χ2n) is 2.84. The molecule has 0 saturated heterocycles. The molecule has 0 bridgehead atoms. The zero-order valence-corrected chi connectivity index (χ0v) is 9.17. The minimum Gasteiger partial charge on any atom is -0.494 e. The Bertz CT molecular complexity index is 316. The zero-order chi connectivity index (χ0) is 9.84. The Balaban J connectivity index is 0.00000169. The number of methoxy groups -OCH3 is 1. The van der Waals surface area contributed by atoms with Crippen LogP contribution in [-0.4, -0.2) is 21.2 Å². The Kier molecular flexibility index (Phi) is 4.94. The molecule has 0 aliphatic heterocycles. The SMILES string of the molecule is COc1cc(N(C)C)ccc1N=O.Cl. The topological polar surface area (TPSA) is 41.9 Å². The molecule has 0 aliphatic rings. The van der Waals surface area contributed by atoms with E-state index in [2.05, 4.69) is 5.18 Å². The quantitative estimate of drug-likeness (QED) is 0.730. The number of hydrogen-bond acceptors (Lipinski definition) is 4. The van der Waals surface area contributed by atoms with Crippen molar-refractivity contribution in [3.63, 3.8) is 0 Å². The molecule has 0 N–H and O–H groups in total. The molecular weight excluding hydrogens is 204 g/mol. The lowest BCUT2D eigenvalue weighted by Crippen LogP contribution is -2.08. The van der Waals surface area contributed by atoms with Gasteiger partial charge in [-0.2, -0.15) is 0 Å². The van der Waals surface area contributed by atoms with Gasteiger partial charge in [0.1, 0.15) is 11.4 Å². The van der Waals surface area contributed by atoms with E-state index >= 15 is 0 Å². The van der Waals surface area contributed by atoms with Crippen molar-refractivity contribution in [1.82, 2.24) is 0 Å². The monoisotopic (exact) mass is 216 g/mol. The van der Waals surface area contributed by atoms with Crippen molar-refractivity contribution < 1.29 is 4.74 Å². The molecule has 0 unspecified atom stereocenters. The summed E-state index contributed by atoms with van der Waals surface area (Å²) in [6.07, 6.45) is 0. The summed E-state index contributed by atoms with van der Waals surface area (Å²) in [5.41, 5.74) is 1.30. The molecule has 14 heavy (non-hydrogen) atoms. The van der Waals surface area contributed by atoms with Crippen LogP contribution in [0.25, 0.3) is 0 Å². The molecule has 0 radical (unpaired) electrons. The molecule has 4 nitrogen and oxygen atoms in total. The minimum absolute atomic E-state index is 0. The summed E-state index contributed by atoms with van der Waals surface area (Å²) in [5.74, 6) is 0.501. The molecule has 0 heterocycles. The van der Waals surface area contributed by atoms with Gasteiger partial charge in [0.15, 0.2) is 0 Å². The first kappa shape index (κ1) is 12.7. The van der Waals surface area contributed by atoms with E-state index in [0.29, 0.717) is 11.4 Å². The lowest BCUT2D eigenvalue weighted by molar-refractivity contribution is 0.416. The smallest absolute Gasteiger partial charge is 0.150 e. The third kappa shape index (κ3) is 2.60. The molecule has 1 rings (SSSR count). The average Bonchev–Trinajstić information content (AvgIpc) is 2.16. The molecule has 0 spiro atoms. The van der Waals surface area contributed by atoms with Crippen LogP contribution in [-0.2, 0) is 0 Å². The summed E-state index contributed by atoms with van der Waals surface area (Å²) in [6, 6.07) is 5.23. The molecule has 0 saturated carbocycles. The molecule has 5 heteroatoms. The van der Waals surface area contributed by atoms with E-state index in [-0.39, 0.29) is 12.4 Å². The molecule has 0 aliphatic carbocycles. The highest BCUT2D eigenvalue weighted by Gasteiger charge is 2.04. The number of halogens is 1. The van der Waals surface area contributed by atoms with Crippen LogP contribution in [0.3, 0.4) is 0 Å². The van der Waals surface area contributed by atoms with Crippen LogP contribution in [0.2, 0.25) is 0 Å². The molecule has 0 aromatic heterocycles. The zero-order valence-electron chi connectivity index (χ0n) is 8.35. The summed E-state index contributed by atoms with van der Waals surface area (Å²) in [4.78, 5) is 12.3. The summed E-state index contributed by atoms with van der Waals surface area (Å²) in [7, 11) is 5.36. The number of nitroso groups, excluding NO2 is 1. The van der Waals surface area contributed by atoms with Gasteiger partial charge in [-0.1, -0.05) is 0 Å². The minimum atomic E-state index is 0. The third-order valence-electron chi connectivity index (χ3n) is 1.78. The van der Waals surface area contributed by atoms with Gasteiger partial charge in [-0.25, -0.2) is 0 Å². The van der Waals surface area contributed by atoms with E-state index < -0.39 is 0 Å². The normalized spacial score (nSPS) is 8.79. The number of hydrogen-bond donors (Lipinski definition) is 0. The second kappa shape index (κ2) is 5.44. The van der Waals surface area contributed by atoms with Crippen molar-refractivity contribution in [2.45, 2.75) is 0 Å². The van der Waals surface area contributed by atoms with Crippen LogP contribution in [0.15, 0.2) is 23.4 Å². The first-order valence-corrected chi connectivity index (χ1v) is 3.87. The molecule has 0 amide bonds. The van der Waals surface area contributed by atoms with Crippen molar-refractivity contribution in [2.75, 3.05) is 26.1 Å². The molecule has 1 aromatic carbocycles. The van der Waals surface area contributed by atoms with E-state index in [4.69, 9.17) is 4.74 Å². The van der Waals surface area contributed by atoms with Crippen LogP contribution < -0.4 is 9.64 Å². The number of anilines is 1. The number of rotatable bonds is 3. The van der Waals surface area contributed by atoms with Crippen molar-refractivity contribution in [3.8, 4) is 5.75 Å². The predicted molar refractivity (Wildman–Crippen MR) is 60.0 cm³/mol. The van der Waals surface area contributed by atoms with E-state index in [9.17, 15) is 4.91 Å². The van der Waals surface area contributed by atoms with E-state index in [1.54, 1.807) is 12.1 Å². The molecule has 0 fully saturated rings. The Morgan fingerprint density at radius 3 is 2.43 bits per heavy atom. The number of ether oxygens (including phenoxy) is 1. The van der Waals surface area contributed by atoms with Crippen LogP contribution >= 0.6 is 12.4 Å². The van der Waals surface area contributed by atoms with Crippen molar-refractivity contribution in [2.24, 2.45) is 5.18 Å². The van der Waals surface area contributed by atoms with Crippen LogP contribution in [0, 0.1) is 4.91 Å². The Labute approximate surface area is 89.2 Å². The van der Waals surface area contributed by atoms with Crippen molar-refractivity contribution >= 4 is 23.8 Å². The average molecular weight is 217 g/mol. The summed E-state index contributed by atoms with van der Waals surface area (Å²) >= 11 is 0. The van der Waals surface area contributed by atoms with E-state index in [1.807, 2.05) is 25.1 Å². The molecule has 1 aromatic rings. The van der Waals surface area contributed by atoms with Gasteiger partial charge in [0.2, 0.25) is 0 Å². The highest BCUT2D eigenvalue weighted by molar-refractivity contribution is 5.85. The standard InChI is InChI=1S/C9H12N2O2.ClH/c1-11(2)7-4-5-8(10-12)9(6-7)13-3;/h4-6H,1-3H3;1H. The highest BCUT2D eigenvalue weighted by Crippen LogP contribution is 2.30.